The zero-order chi connectivity index (χ0) is 18.2. The number of esters is 1. The van der Waals surface area contributed by atoms with E-state index < -0.39 is 16.0 Å². The molecule has 1 aromatic carbocycles. The van der Waals surface area contributed by atoms with E-state index in [0.717, 1.165) is 0 Å². The highest BCUT2D eigenvalue weighted by atomic mass is 32.2. The largest absolute Gasteiger partial charge is 0.460 e. The molecule has 7 nitrogen and oxygen atoms in total. The summed E-state index contributed by atoms with van der Waals surface area (Å²) in [6.45, 7) is 7.25. The number of ether oxygens (including phenoxy) is 1. The number of hydrogen-bond donors (Lipinski definition) is 1. The second-order valence-corrected chi connectivity index (χ2v) is 7.99. The summed E-state index contributed by atoms with van der Waals surface area (Å²) in [7, 11) is -3.61. The van der Waals surface area contributed by atoms with Crippen molar-refractivity contribution in [3.8, 4) is 0 Å². The molecule has 0 bridgehead atoms. The zero-order valence-electron chi connectivity index (χ0n) is 14.5. The number of benzene rings is 1. The first-order valence-corrected chi connectivity index (χ1v) is 9.73. The van der Waals surface area contributed by atoms with Gasteiger partial charge in [-0.2, -0.15) is 4.31 Å². The van der Waals surface area contributed by atoms with E-state index in [4.69, 9.17) is 9.15 Å². The fourth-order valence-corrected chi connectivity index (χ4v) is 4.72. The summed E-state index contributed by atoms with van der Waals surface area (Å²) < 4.78 is 38.0. The van der Waals surface area contributed by atoms with Crippen LogP contribution in [-0.2, 0) is 14.8 Å². The van der Waals surface area contributed by atoms with Gasteiger partial charge in [0.15, 0.2) is 0 Å². The van der Waals surface area contributed by atoms with Crippen molar-refractivity contribution in [3.05, 3.63) is 29.5 Å². The van der Waals surface area contributed by atoms with Gasteiger partial charge >= 0.3 is 5.97 Å². The molecule has 1 fully saturated rings. The molecule has 0 radical (unpaired) electrons. The summed E-state index contributed by atoms with van der Waals surface area (Å²) >= 11 is 0. The van der Waals surface area contributed by atoms with Gasteiger partial charge in [0, 0.05) is 36.6 Å². The van der Waals surface area contributed by atoms with Crippen LogP contribution >= 0.6 is 0 Å². The molecule has 1 aromatic heterocycles. The van der Waals surface area contributed by atoms with Crippen LogP contribution in [0, 0.1) is 6.92 Å². The average Bonchev–Trinajstić information content (AvgIpc) is 2.92. The van der Waals surface area contributed by atoms with E-state index in [0.29, 0.717) is 36.2 Å². The summed E-state index contributed by atoms with van der Waals surface area (Å²) in [5.41, 5.74) is 1.05. The Bertz CT molecular complexity index is 903. The highest BCUT2D eigenvalue weighted by Crippen LogP contribution is 2.30. The zero-order valence-corrected chi connectivity index (χ0v) is 15.4. The molecular formula is C17H22N2O5S. The summed E-state index contributed by atoms with van der Waals surface area (Å²) in [5, 5.41) is 3.79. The fraction of sp³-hybridized carbons (Fsp3) is 0.471. The Morgan fingerprint density at radius 1 is 1.44 bits per heavy atom. The quantitative estimate of drug-likeness (QED) is 0.832. The van der Waals surface area contributed by atoms with Gasteiger partial charge in [-0.05, 0) is 39.0 Å². The molecular weight excluding hydrogens is 344 g/mol. The Hall–Kier alpha value is -1.90. The molecule has 1 aliphatic rings. The third-order valence-corrected chi connectivity index (χ3v) is 6.42. The van der Waals surface area contributed by atoms with Crippen molar-refractivity contribution in [2.75, 3.05) is 26.2 Å². The van der Waals surface area contributed by atoms with Crippen LogP contribution in [0.2, 0.25) is 0 Å². The van der Waals surface area contributed by atoms with Crippen molar-refractivity contribution >= 4 is 27.0 Å². The van der Waals surface area contributed by atoms with Crippen molar-refractivity contribution in [1.29, 1.82) is 0 Å². The van der Waals surface area contributed by atoms with Gasteiger partial charge in [-0.3, -0.25) is 0 Å². The number of carbonyl (C=O) groups excluding carboxylic acids is 1. The minimum atomic E-state index is -3.61. The van der Waals surface area contributed by atoms with Crippen molar-refractivity contribution in [2.45, 2.75) is 31.7 Å². The maximum atomic E-state index is 13.0. The SMILES string of the molecule is CCOC(=O)c1oc2ccc(S(=O)(=O)N3CCNCC3C)cc2c1C. The maximum absolute atomic E-state index is 13.0. The maximum Gasteiger partial charge on any atom is 0.374 e. The molecule has 8 heteroatoms. The van der Waals surface area contributed by atoms with Crippen LogP contribution in [0.25, 0.3) is 11.0 Å². The Morgan fingerprint density at radius 2 is 2.20 bits per heavy atom. The lowest BCUT2D eigenvalue weighted by atomic mass is 10.1. The molecule has 1 N–H and O–H groups in total. The van der Waals surface area contributed by atoms with E-state index in [1.165, 1.54) is 10.4 Å². The first kappa shape index (κ1) is 17.9. The van der Waals surface area contributed by atoms with Crippen LogP contribution < -0.4 is 5.32 Å². The van der Waals surface area contributed by atoms with Gasteiger partial charge in [0.1, 0.15) is 5.58 Å². The van der Waals surface area contributed by atoms with E-state index in [9.17, 15) is 13.2 Å². The van der Waals surface area contributed by atoms with Gasteiger partial charge < -0.3 is 14.5 Å². The van der Waals surface area contributed by atoms with Crippen molar-refractivity contribution in [1.82, 2.24) is 9.62 Å². The van der Waals surface area contributed by atoms with Gasteiger partial charge in [0.2, 0.25) is 15.8 Å². The van der Waals surface area contributed by atoms with Crippen LogP contribution in [0.5, 0.6) is 0 Å². The van der Waals surface area contributed by atoms with E-state index in [1.807, 2.05) is 6.92 Å². The summed E-state index contributed by atoms with van der Waals surface area (Å²) in [6.07, 6.45) is 0. The Morgan fingerprint density at radius 3 is 2.88 bits per heavy atom. The fourth-order valence-electron chi connectivity index (χ4n) is 3.07. The van der Waals surface area contributed by atoms with E-state index >= 15 is 0 Å². The number of aryl methyl sites for hydroxylation is 1. The number of hydrogen-bond acceptors (Lipinski definition) is 6. The number of nitrogens with zero attached hydrogens (tertiary/aromatic N) is 1. The Kier molecular flexibility index (Phi) is 4.86. The summed E-state index contributed by atoms with van der Waals surface area (Å²) in [5.74, 6) is -0.432. The first-order valence-electron chi connectivity index (χ1n) is 8.29. The van der Waals surface area contributed by atoms with Crippen LogP contribution in [-0.4, -0.2) is 51.0 Å². The number of sulfonamides is 1. The summed E-state index contributed by atoms with van der Waals surface area (Å²) in [4.78, 5) is 12.2. The first-order chi connectivity index (χ1) is 11.9. The average molecular weight is 366 g/mol. The number of fused-ring (bicyclic) bond motifs is 1. The molecule has 1 aliphatic heterocycles. The van der Waals surface area contributed by atoms with Gasteiger partial charge in [0.05, 0.1) is 11.5 Å². The predicted molar refractivity (Wildman–Crippen MR) is 93.1 cm³/mol. The molecule has 3 rings (SSSR count). The molecule has 136 valence electrons. The topological polar surface area (TPSA) is 88.8 Å². The minimum Gasteiger partial charge on any atom is -0.460 e. The monoisotopic (exact) mass is 366 g/mol. The lowest BCUT2D eigenvalue weighted by Gasteiger charge is -2.32. The highest BCUT2D eigenvalue weighted by Gasteiger charge is 2.31. The highest BCUT2D eigenvalue weighted by molar-refractivity contribution is 7.89. The molecule has 1 saturated heterocycles. The number of piperazine rings is 1. The molecule has 25 heavy (non-hydrogen) atoms. The van der Waals surface area contributed by atoms with Gasteiger partial charge in [-0.15, -0.1) is 0 Å². The molecule has 0 aliphatic carbocycles. The van der Waals surface area contributed by atoms with Crippen LogP contribution in [0.3, 0.4) is 0 Å². The summed E-state index contributed by atoms with van der Waals surface area (Å²) in [6, 6.07) is 4.56. The van der Waals surface area contributed by atoms with Crippen molar-refractivity contribution < 1.29 is 22.4 Å². The number of carbonyl (C=O) groups is 1. The molecule has 1 atom stereocenters. The minimum absolute atomic E-state index is 0.113. The number of nitrogens with one attached hydrogen (secondary N) is 1. The molecule has 1 unspecified atom stereocenters. The molecule has 2 aromatic rings. The van der Waals surface area contributed by atoms with Gasteiger partial charge in [-0.25, -0.2) is 13.2 Å². The van der Waals surface area contributed by atoms with Crippen LogP contribution in [0.4, 0.5) is 0 Å². The Balaban J connectivity index is 2.03. The lowest BCUT2D eigenvalue weighted by Crippen LogP contribution is -2.52. The van der Waals surface area contributed by atoms with Gasteiger partial charge in [-0.1, -0.05) is 0 Å². The normalized spacial score (nSPS) is 19.2. The third-order valence-electron chi connectivity index (χ3n) is 4.42. The van der Waals surface area contributed by atoms with E-state index in [-0.39, 0.29) is 23.3 Å². The molecule has 0 saturated carbocycles. The van der Waals surface area contributed by atoms with Crippen molar-refractivity contribution in [3.63, 3.8) is 0 Å². The van der Waals surface area contributed by atoms with Gasteiger partial charge in [0.25, 0.3) is 0 Å². The van der Waals surface area contributed by atoms with Crippen LogP contribution in [0.1, 0.15) is 30.0 Å². The smallest absolute Gasteiger partial charge is 0.374 e. The van der Waals surface area contributed by atoms with E-state index in [1.54, 1.807) is 26.0 Å². The van der Waals surface area contributed by atoms with Crippen molar-refractivity contribution in [2.24, 2.45) is 0 Å². The van der Waals surface area contributed by atoms with Crippen LogP contribution in [0.15, 0.2) is 27.5 Å². The molecule has 2 heterocycles. The standard InChI is InChI=1S/C17H22N2O5S/c1-4-23-17(20)16-12(3)14-9-13(5-6-15(14)24-16)25(21,22)19-8-7-18-10-11(19)2/h5-6,9,11,18H,4,7-8,10H2,1-3H3. The number of rotatable bonds is 4. The van der Waals surface area contributed by atoms with E-state index in [2.05, 4.69) is 5.32 Å². The molecule has 0 amide bonds. The second kappa shape index (κ2) is 6.78. The second-order valence-electron chi connectivity index (χ2n) is 6.10. The Labute approximate surface area is 147 Å². The molecule has 0 spiro atoms. The lowest BCUT2D eigenvalue weighted by molar-refractivity contribution is 0.0491. The number of furan rings is 1. The third kappa shape index (κ3) is 3.17. The predicted octanol–water partition coefficient (Wildman–Crippen LogP) is 1.90.